The van der Waals surface area contributed by atoms with Gasteiger partial charge in [0, 0.05) is 23.3 Å². The first-order valence-corrected chi connectivity index (χ1v) is 6.79. The van der Waals surface area contributed by atoms with Crippen LogP contribution < -0.4 is 10.6 Å². The Morgan fingerprint density at radius 2 is 2.17 bits per heavy atom. The number of fused-ring (bicyclic) bond motifs is 1. The van der Waals surface area contributed by atoms with Crippen LogP contribution in [0.5, 0.6) is 0 Å². The van der Waals surface area contributed by atoms with Gasteiger partial charge in [0.25, 0.3) is 0 Å². The minimum atomic E-state index is 0.163. The summed E-state index contributed by atoms with van der Waals surface area (Å²) in [6.07, 6.45) is 3.34. The van der Waals surface area contributed by atoms with Crippen molar-refractivity contribution in [3.8, 4) is 0 Å². The van der Waals surface area contributed by atoms with Crippen LogP contribution in [0.1, 0.15) is 32.3 Å². The SMILES string of the molecule is CC(C(=O)N1c2ccc(N)cc2CC1C)C1CC1. The molecule has 96 valence electrons. The van der Waals surface area contributed by atoms with Crippen molar-refractivity contribution < 1.29 is 4.79 Å². The second-order valence-electron chi connectivity index (χ2n) is 5.78. The fourth-order valence-corrected chi connectivity index (χ4v) is 3.00. The van der Waals surface area contributed by atoms with Crippen molar-refractivity contribution in [2.75, 3.05) is 10.6 Å². The summed E-state index contributed by atoms with van der Waals surface area (Å²) in [7, 11) is 0. The second-order valence-corrected chi connectivity index (χ2v) is 5.78. The van der Waals surface area contributed by atoms with Crippen molar-refractivity contribution in [1.29, 1.82) is 0 Å². The van der Waals surface area contributed by atoms with E-state index < -0.39 is 0 Å². The molecule has 2 aliphatic rings. The lowest BCUT2D eigenvalue weighted by molar-refractivity contribution is -0.122. The van der Waals surface area contributed by atoms with Gasteiger partial charge in [0.1, 0.15) is 0 Å². The number of nitrogen functional groups attached to an aromatic ring is 1. The largest absolute Gasteiger partial charge is 0.399 e. The molecule has 2 unspecified atom stereocenters. The van der Waals surface area contributed by atoms with Crippen molar-refractivity contribution in [2.24, 2.45) is 11.8 Å². The van der Waals surface area contributed by atoms with Crippen LogP contribution in [0, 0.1) is 11.8 Å². The van der Waals surface area contributed by atoms with E-state index in [1.165, 1.54) is 18.4 Å². The van der Waals surface area contributed by atoms with Crippen molar-refractivity contribution in [3.05, 3.63) is 23.8 Å². The molecular weight excluding hydrogens is 224 g/mol. The number of anilines is 2. The highest BCUT2D eigenvalue weighted by molar-refractivity contribution is 5.98. The standard InChI is InChI=1S/C15H20N2O/c1-9-7-12-8-13(16)5-6-14(12)17(9)15(18)10(2)11-3-4-11/h5-6,8-11H,3-4,7,16H2,1-2H3. The fraction of sp³-hybridized carbons (Fsp3) is 0.533. The number of carbonyl (C=O) groups is 1. The molecule has 3 heteroatoms. The van der Waals surface area contributed by atoms with Crippen LogP contribution in [0.25, 0.3) is 0 Å². The van der Waals surface area contributed by atoms with Crippen molar-refractivity contribution in [1.82, 2.24) is 0 Å². The zero-order valence-electron chi connectivity index (χ0n) is 11.0. The number of nitrogens with zero attached hydrogens (tertiary/aromatic N) is 1. The van der Waals surface area contributed by atoms with Crippen molar-refractivity contribution >= 4 is 17.3 Å². The highest BCUT2D eigenvalue weighted by Crippen LogP contribution is 2.41. The molecule has 0 bridgehead atoms. The van der Waals surface area contributed by atoms with Gasteiger partial charge in [0.05, 0.1) is 0 Å². The van der Waals surface area contributed by atoms with Crippen LogP contribution in [0.4, 0.5) is 11.4 Å². The van der Waals surface area contributed by atoms with E-state index in [2.05, 4.69) is 13.8 Å². The van der Waals surface area contributed by atoms with Gasteiger partial charge >= 0.3 is 0 Å². The number of nitrogens with two attached hydrogens (primary N) is 1. The van der Waals surface area contributed by atoms with E-state index in [1.54, 1.807) is 0 Å². The van der Waals surface area contributed by atoms with E-state index in [4.69, 9.17) is 5.73 Å². The van der Waals surface area contributed by atoms with Gasteiger partial charge < -0.3 is 10.6 Å². The summed E-state index contributed by atoms with van der Waals surface area (Å²) in [5.41, 5.74) is 8.87. The molecular formula is C15H20N2O. The van der Waals surface area contributed by atoms with Gasteiger partial charge in [-0.2, -0.15) is 0 Å². The summed E-state index contributed by atoms with van der Waals surface area (Å²) in [5, 5.41) is 0. The van der Waals surface area contributed by atoms with Gasteiger partial charge in [-0.1, -0.05) is 6.92 Å². The van der Waals surface area contributed by atoms with Gasteiger partial charge in [-0.3, -0.25) is 4.79 Å². The molecule has 1 aromatic rings. The molecule has 1 heterocycles. The average Bonchev–Trinajstić information content (AvgIpc) is 3.11. The van der Waals surface area contributed by atoms with Crippen LogP contribution in [-0.4, -0.2) is 11.9 Å². The van der Waals surface area contributed by atoms with Crippen LogP contribution >= 0.6 is 0 Å². The van der Waals surface area contributed by atoms with Crippen LogP contribution in [0.2, 0.25) is 0 Å². The molecule has 1 aliphatic carbocycles. The highest BCUT2D eigenvalue weighted by atomic mass is 16.2. The molecule has 2 atom stereocenters. The maximum absolute atomic E-state index is 12.6. The van der Waals surface area contributed by atoms with Gasteiger partial charge in [0.15, 0.2) is 0 Å². The molecule has 0 saturated heterocycles. The Hall–Kier alpha value is -1.51. The number of carbonyl (C=O) groups excluding carboxylic acids is 1. The first-order valence-electron chi connectivity index (χ1n) is 6.79. The molecule has 0 aromatic heterocycles. The summed E-state index contributed by atoms with van der Waals surface area (Å²) in [5.74, 6) is 1.06. The predicted octanol–water partition coefficient (Wildman–Crippen LogP) is 2.59. The van der Waals surface area contributed by atoms with E-state index in [0.717, 1.165) is 17.8 Å². The summed E-state index contributed by atoms with van der Waals surface area (Å²) in [6.45, 7) is 4.19. The maximum Gasteiger partial charge on any atom is 0.230 e. The average molecular weight is 244 g/mol. The summed E-state index contributed by atoms with van der Waals surface area (Å²) >= 11 is 0. The summed E-state index contributed by atoms with van der Waals surface area (Å²) < 4.78 is 0. The Bertz CT molecular complexity index is 493. The first-order chi connectivity index (χ1) is 8.58. The lowest BCUT2D eigenvalue weighted by atomic mass is 10.0. The third kappa shape index (κ3) is 1.78. The van der Waals surface area contributed by atoms with Crippen LogP contribution in [0.3, 0.4) is 0 Å². The summed E-state index contributed by atoms with van der Waals surface area (Å²) in [6, 6.07) is 6.14. The van der Waals surface area contributed by atoms with E-state index in [-0.39, 0.29) is 17.9 Å². The molecule has 0 spiro atoms. The first kappa shape index (κ1) is 11.6. The van der Waals surface area contributed by atoms with Crippen LogP contribution in [0.15, 0.2) is 18.2 Å². The zero-order valence-corrected chi connectivity index (χ0v) is 11.0. The quantitative estimate of drug-likeness (QED) is 0.813. The Morgan fingerprint density at radius 3 is 2.83 bits per heavy atom. The van der Waals surface area contributed by atoms with Gasteiger partial charge in [-0.25, -0.2) is 0 Å². The summed E-state index contributed by atoms with van der Waals surface area (Å²) in [4.78, 5) is 14.6. The molecule has 1 aromatic carbocycles. The number of hydrogen-bond acceptors (Lipinski definition) is 2. The normalized spacial score (nSPS) is 23.9. The zero-order chi connectivity index (χ0) is 12.9. The van der Waals surface area contributed by atoms with E-state index >= 15 is 0 Å². The molecule has 1 saturated carbocycles. The molecule has 2 N–H and O–H groups in total. The minimum absolute atomic E-state index is 0.163. The third-order valence-corrected chi connectivity index (χ3v) is 4.28. The topological polar surface area (TPSA) is 46.3 Å². The lowest BCUT2D eigenvalue weighted by Crippen LogP contribution is -2.39. The molecule has 0 radical (unpaired) electrons. The Kier molecular flexibility index (Phi) is 2.58. The monoisotopic (exact) mass is 244 g/mol. The van der Waals surface area contributed by atoms with Gasteiger partial charge in [0.2, 0.25) is 5.91 Å². The van der Waals surface area contributed by atoms with Gasteiger partial charge in [-0.05, 0) is 55.9 Å². The predicted molar refractivity (Wildman–Crippen MR) is 73.4 cm³/mol. The molecule has 1 aliphatic heterocycles. The lowest BCUT2D eigenvalue weighted by Gasteiger charge is -2.26. The van der Waals surface area contributed by atoms with E-state index in [1.807, 2.05) is 23.1 Å². The Labute approximate surface area is 108 Å². The third-order valence-electron chi connectivity index (χ3n) is 4.28. The molecule has 3 nitrogen and oxygen atoms in total. The molecule has 1 amide bonds. The molecule has 18 heavy (non-hydrogen) atoms. The van der Waals surface area contributed by atoms with E-state index in [9.17, 15) is 4.79 Å². The van der Waals surface area contributed by atoms with Crippen molar-refractivity contribution in [2.45, 2.75) is 39.2 Å². The number of rotatable bonds is 2. The second kappa shape index (κ2) is 4.01. The Balaban J connectivity index is 1.91. The highest BCUT2D eigenvalue weighted by Gasteiger charge is 2.39. The number of amides is 1. The maximum atomic E-state index is 12.6. The Morgan fingerprint density at radius 1 is 1.44 bits per heavy atom. The molecule has 3 rings (SSSR count). The number of benzene rings is 1. The number of hydrogen-bond donors (Lipinski definition) is 1. The smallest absolute Gasteiger partial charge is 0.230 e. The van der Waals surface area contributed by atoms with Crippen LogP contribution in [-0.2, 0) is 11.2 Å². The van der Waals surface area contributed by atoms with Crippen molar-refractivity contribution in [3.63, 3.8) is 0 Å². The van der Waals surface area contributed by atoms with Gasteiger partial charge in [-0.15, -0.1) is 0 Å². The minimum Gasteiger partial charge on any atom is -0.399 e. The fourth-order valence-electron chi connectivity index (χ4n) is 3.00. The van der Waals surface area contributed by atoms with E-state index in [0.29, 0.717) is 5.92 Å². The molecule has 1 fully saturated rings.